The molecule has 0 bridgehead atoms. The Balaban J connectivity index is 1.78. The molecule has 0 atom stereocenters. The van der Waals surface area contributed by atoms with Crippen molar-refractivity contribution in [1.29, 1.82) is 0 Å². The van der Waals surface area contributed by atoms with Crippen LogP contribution in [0.3, 0.4) is 0 Å². The number of hydrogen-bond acceptors (Lipinski definition) is 5. The van der Waals surface area contributed by atoms with Gasteiger partial charge >= 0.3 is 0 Å². The fourth-order valence-corrected chi connectivity index (χ4v) is 1.99. The van der Waals surface area contributed by atoms with E-state index >= 15 is 0 Å². The molecule has 2 heterocycles. The van der Waals surface area contributed by atoms with Crippen molar-refractivity contribution in [3.8, 4) is 5.88 Å². The van der Waals surface area contributed by atoms with Crippen LogP contribution in [0.2, 0.25) is 0 Å². The van der Waals surface area contributed by atoms with Crippen molar-refractivity contribution in [2.24, 2.45) is 0 Å². The summed E-state index contributed by atoms with van der Waals surface area (Å²) in [6.45, 7) is 8.31. The molecule has 108 valence electrons. The van der Waals surface area contributed by atoms with Crippen LogP contribution in [-0.4, -0.2) is 32.9 Å². The minimum Gasteiger partial charge on any atom is -0.478 e. The number of ether oxygens (including phenoxy) is 1. The summed E-state index contributed by atoms with van der Waals surface area (Å²) < 4.78 is 7.36. The van der Waals surface area contributed by atoms with Gasteiger partial charge in [0.05, 0.1) is 12.3 Å². The zero-order valence-corrected chi connectivity index (χ0v) is 12.3. The fraction of sp³-hybridized carbons (Fsp3) is 0.500. The van der Waals surface area contributed by atoms with Crippen molar-refractivity contribution in [2.75, 3.05) is 18.5 Å². The van der Waals surface area contributed by atoms with Crippen LogP contribution in [0, 0.1) is 13.8 Å². The summed E-state index contributed by atoms with van der Waals surface area (Å²) in [6, 6.07) is 3.84. The third-order valence-electron chi connectivity index (χ3n) is 2.86. The van der Waals surface area contributed by atoms with E-state index < -0.39 is 0 Å². The minimum absolute atomic E-state index is 0.601. The zero-order chi connectivity index (χ0) is 14.4. The summed E-state index contributed by atoms with van der Waals surface area (Å²) in [6.07, 6.45) is 2.66. The Kier molecular flexibility index (Phi) is 4.92. The standard InChI is InChI=1S/C14H21N5O/c1-4-20-13-6-8-16-14(17-13)15-7-5-9-19-12(3)10-11(2)18-19/h6,8,10H,4-5,7,9H2,1-3H3,(H,15,16,17). The van der Waals surface area contributed by atoms with Gasteiger partial charge in [0.1, 0.15) is 0 Å². The lowest BCUT2D eigenvalue weighted by atomic mass is 10.4. The van der Waals surface area contributed by atoms with E-state index in [2.05, 4.69) is 33.4 Å². The molecule has 20 heavy (non-hydrogen) atoms. The number of nitrogens with one attached hydrogen (secondary N) is 1. The second-order valence-corrected chi connectivity index (χ2v) is 4.58. The van der Waals surface area contributed by atoms with Crippen LogP contribution in [0.5, 0.6) is 5.88 Å². The van der Waals surface area contributed by atoms with E-state index in [4.69, 9.17) is 4.74 Å². The van der Waals surface area contributed by atoms with Gasteiger partial charge in [-0.2, -0.15) is 10.1 Å². The molecule has 0 aliphatic heterocycles. The Bertz CT molecular complexity index is 552. The largest absolute Gasteiger partial charge is 0.478 e. The number of aryl methyl sites for hydroxylation is 3. The van der Waals surface area contributed by atoms with E-state index in [1.54, 1.807) is 12.3 Å². The van der Waals surface area contributed by atoms with Crippen molar-refractivity contribution >= 4 is 5.95 Å². The molecule has 0 saturated carbocycles. The van der Waals surface area contributed by atoms with Crippen LogP contribution >= 0.6 is 0 Å². The summed E-state index contributed by atoms with van der Waals surface area (Å²) >= 11 is 0. The van der Waals surface area contributed by atoms with Gasteiger partial charge in [0.25, 0.3) is 0 Å². The van der Waals surface area contributed by atoms with Crippen LogP contribution in [0.1, 0.15) is 24.7 Å². The molecule has 2 rings (SSSR count). The lowest BCUT2D eigenvalue weighted by Gasteiger charge is -2.07. The molecular formula is C14H21N5O. The molecule has 1 N–H and O–H groups in total. The molecule has 0 fully saturated rings. The molecule has 0 spiro atoms. The predicted molar refractivity (Wildman–Crippen MR) is 78.0 cm³/mol. The maximum atomic E-state index is 5.34. The molecular weight excluding hydrogens is 254 g/mol. The number of anilines is 1. The first-order valence-electron chi connectivity index (χ1n) is 6.90. The average molecular weight is 275 g/mol. The highest BCUT2D eigenvalue weighted by Crippen LogP contribution is 2.08. The third-order valence-corrected chi connectivity index (χ3v) is 2.86. The molecule has 0 aliphatic carbocycles. The van der Waals surface area contributed by atoms with Gasteiger partial charge in [-0.15, -0.1) is 0 Å². The van der Waals surface area contributed by atoms with E-state index in [9.17, 15) is 0 Å². The highest BCUT2D eigenvalue weighted by Gasteiger charge is 2.01. The molecule has 0 saturated heterocycles. The zero-order valence-electron chi connectivity index (χ0n) is 12.3. The highest BCUT2D eigenvalue weighted by molar-refractivity contribution is 5.27. The molecule has 0 radical (unpaired) electrons. The maximum absolute atomic E-state index is 5.34. The van der Waals surface area contributed by atoms with Gasteiger partial charge in [-0.05, 0) is 33.3 Å². The van der Waals surface area contributed by atoms with Crippen molar-refractivity contribution in [2.45, 2.75) is 33.7 Å². The monoisotopic (exact) mass is 275 g/mol. The van der Waals surface area contributed by atoms with Gasteiger partial charge in [0.2, 0.25) is 11.8 Å². The van der Waals surface area contributed by atoms with Crippen LogP contribution in [0.25, 0.3) is 0 Å². The lowest BCUT2D eigenvalue weighted by Crippen LogP contribution is -2.10. The van der Waals surface area contributed by atoms with E-state index in [-0.39, 0.29) is 0 Å². The second-order valence-electron chi connectivity index (χ2n) is 4.58. The van der Waals surface area contributed by atoms with Crippen LogP contribution in [0.4, 0.5) is 5.95 Å². The molecule has 0 amide bonds. The smallest absolute Gasteiger partial charge is 0.225 e. The average Bonchev–Trinajstić information content (AvgIpc) is 2.74. The maximum Gasteiger partial charge on any atom is 0.225 e. The highest BCUT2D eigenvalue weighted by atomic mass is 16.5. The molecule has 2 aromatic rings. The number of hydrogen-bond donors (Lipinski definition) is 1. The summed E-state index contributed by atoms with van der Waals surface area (Å²) in [5.41, 5.74) is 2.25. The predicted octanol–water partition coefficient (Wildman–Crippen LogP) is 2.19. The van der Waals surface area contributed by atoms with E-state index in [0.717, 1.165) is 25.2 Å². The Hall–Kier alpha value is -2.11. The molecule has 6 nitrogen and oxygen atoms in total. The number of aromatic nitrogens is 4. The molecule has 0 unspecified atom stereocenters. The number of nitrogens with zero attached hydrogens (tertiary/aromatic N) is 4. The molecule has 2 aromatic heterocycles. The first kappa shape index (κ1) is 14.3. The topological polar surface area (TPSA) is 64.9 Å². The van der Waals surface area contributed by atoms with Crippen LogP contribution < -0.4 is 10.1 Å². The van der Waals surface area contributed by atoms with Crippen LogP contribution in [-0.2, 0) is 6.54 Å². The molecule has 0 aliphatic rings. The quantitative estimate of drug-likeness (QED) is 0.785. The van der Waals surface area contributed by atoms with Crippen molar-refractivity contribution < 1.29 is 4.74 Å². The second kappa shape index (κ2) is 6.88. The van der Waals surface area contributed by atoms with Crippen LogP contribution in [0.15, 0.2) is 18.3 Å². The van der Waals surface area contributed by atoms with Gasteiger partial charge in [-0.3, -0.25) is 4.68 Å². The SMILES string of the molecule is CCOc1ccnc(NCCCn2nc(C)cc2C)n1. The van der Waals surface area contributed by atoms with E-state index in [1.165, 1.54) is 5.69 Å². The Morgan fingerprint density at radius 3 is 2.90 bits per heavy atom. The van der Waals surface area contributed by atoms with Gasteiger partial charge in [-0.25, -0.2) is 4.98 Å². The molecule has 6 heteroatoms. The van der Waals surface area contributed by atoms with Gasteiger partial charge in [0.15, 0.2) is 0 Å². The van der Waals surface area contributed by atoms with Gasteiger partial charge in [-0.1, -0.05) is 0 Å². The lowest BCUT2D eigenvalue weighted by molar-refractivity contribution is 0.326. The van der Waals surface area contributed by atoms with Gasteiger partial charge in [0, 0.05) is 31.0 Å². The summed E-state index contributed by atoms with van der Waals surface area (Å²) in [4.78, 5) is 8.43. The minimum atomic E-state index is 0.601. The number of rotatable bonds is 7. The Morgan fingerprint density at radius 2 is 2.20 bits per heavy atom. The third kappa shape index (κ3) is 3.94. The van der Waals surface area contributed by atoms with Gasteiger partial charge < -0.3 is 10.1 Å². The van der Waals surface area contributed by atoms with E-state index in [0.29, 0.717) is 18.4 Å². The summed E-state index contributed by atoms with van der Waals surface area (Å²) in [5.74, 6) is 1.20. The van der Waals surface area contributed by atoms with E-state index in [1.807, 2.05) is 18.5 Å². The molecule has 0 aromatic carbocycles. The Morgan fingerprint density at radius 1 is 1.35 bits per heavy atom. The summed E-state index contributed by atoms with van der Waals surface area (Å²) in [7, 11) is 0. The van der Waals surface area contributed by atoms with Crippen molar-refractivity contribution in [3.63, 3.8) is 0 Å². The summed E-state index contributed by atoms with van der Waals surface area (Å²) in [5, 5.41) is 7.63. The first-order valence-corrected chi connectivity index (χ1v) is 6.90. The Labute approximate surface area is 119 Å². The van der Waals surface area contributed by atoms with Crippen molar-refractivity contribution in [3.05, 3.63) is 29.7 Å². The van der Waals surface area contributed by atoms with Crippen molar-refractivity contribution in [1.82, 2.24) is 19.7 Å². The first-order chi connectivity index (χ1) is 9.69. The normalized spacial score (nSPS) is 10.6. The fourth-order valence-electron chi connectivity index (χ4n) is 1.99.